The number of carbonyl (C=O) groups excluding carboxylic acids is 1. The minimum atomic E-state index is -0.213. The second-order valence-corrected chi connectivity index (χ2v) is 6.98. The molecule has 1 atom stereocenters. The van der Waals surface area contributed by atoms with Crippen molar-refractivity contribution < 1.29 is 4.79 Å². The Hall–Kier alpha value is -1.30. The Morgan fingerprint density at radius 2 is 2.00 bits per heavy atom. The molecule has 0 spiro atoms. The Morgan fingerprint density at radius 3 is 2.62 bits per heavy atom. The van der Waals surface area contributed by atoms with Gasteiger partial charge >= 0.3 is 0 Å². The van der Waals surface area contributed by atoms with Crippen LogP contribution >= 0.6 is 11.8 Å². The summed E-state index contributed by atoms with van der Waals surface area (Å²) in [5, 5.41) is 3.51. The van der Waals surface area contributed by atoms with Gasteiger partial charge in [-0.25, -0.2) is 9.97 Å². The van der Waals surface area contributed by atoms with Gasteiger partial charge in [-0.1, -0.05) is 37.4 Å². The van der Waals surface area contributed by atoms with E-state index in [2.05, 4.69) is 15.3 Å². The summed E-state index contributed by atoms with van der Waals surface area (Å²) in [4.78, 5) is 20.8. The number of nitrogen functional groups attached to an aromatic ring is 1. The predicted octanol–water partition coefficient (Wildman–Crippen LogP) is 2.69. The standard InChI is InChI=1S/C15H24N4OS/c1-10-9-13(16)19-15(17-10)21-11(2)14(20)18-12-7-5-3-4-6-8-12/h9,11-12H,3-8H2,1-2H3,(H,18,20)(H2,16,17,19)/t11-/m0/s1. The number of thioether (sulfide) groups is 1. The van der Waals surface area contributed by atoms with Gasteiger partial charge in [0.05, 0.1) is 5.25 Å². The van der Waals surface area contributed by atoms with Crippen LogP contribution in [0.3, 0.4) is 0 Å². The summed E-state index contributed by atoms with van der Waals surface area (Å²) in [5.41, 5.74) is 6.53. The second kappa shape index (κ2) is 7.64. The average Bonchev–Trinajstić information content (AvgIpc) is 2.66. The van der Waals surface area contributed by atoms with Crippen molar-refractivity contribution in [3.05, 3.63) is 11.8 Å². The fourth-order valence-electron chi connectivity index (χ4n) is 2.57. The Balaban J connectivity index is 1.89. The largest absolute Gasteiger partial charge is 0.384 e. The summed E-state index contributed by atoms with van der Waals surface area (Å²) in [7, 11) is 0. The smallest absolute Gasteiger partial charge is 0.233 e. The molecule has 3 N–H and O–H groups in total. The molecule has 116 valence electrons. The zero-order chi connectivity index (χ0) is 15.2. The Bertz CT molecular complexity index is 466. The van der Waals surface area contributed by atoms with Crippen LogP contribution < -0.4 is 11.1 Å². The quantitative estimate of drug-likeness (QED) is 0.508. The summed E-state index contributed by atoms with van der Waals surface area (Å²) in [6.07, 6.45) is 7.18. The van der Waals surface area contributed by atoms with Crippen LogP contribution in [0.2, 0.25) is 0 Å². The van der Waals surface area contributed by atoms with E-state index in [1.807, 2.05) is 13.8 Å². The van der Waals surface area contributed by atoms with Crippen LogP contribution in [0.5, 0.6) is 0 Å². The van der Waals surface area contributed by atoms with Crippen LogP contribution in [0.25, 0.3) is 0 Å². The van der Waals surface area contributed by atoms with Crippen molar-refractivity contribution in [3.8, 4) is 0 Å². The van der Waals surface area contributed by atoms with E-state index in [0.717, 1.165) is 18.5 Å². The molecule has 1 fully saturated rings. The first-order valence-corrected chi connectivity index (χ1v) is 8.51. The van der Waals surface area contributed by atoms with Crippen molar-refractivity contribution in [2.45, 2.75) is 68.8 Å². The topological polar surface area (TPSA) is 80.9 Å². The molecule has 1 aromatic rings. The van der Waals surface area contributed by atoms with Gasteiger partial charge in [-0.15, -0.1) is 0 Å². The highest BCUT2D eigenvalue weighted by molar-refractivity contribution is 8.00. The van der Waals surface area contributed by atoms with Crippen LogP contribution in [-0.4, -0.2) is 27.2 Å². The SMILES string of the molecule is Cc1cc(N)nc(S[C@@H](C)C(=O)NC2CCCCCC2)n1. The molecule has 1 aliphatic rings. The van der Waals surface area contributed by atoms with E-state index in [9.17, 15) is 4.79 Å². The van der Waals surface area contributed by atoms with E-state index < -0.39 is 0 Å². The number of nitrogens with one attached hydrogen (secondary N) is 1. The summed E-state index contributed by atoms with van der Waals surface area (Å²) < 4.78 is 0. The maximum Gasteiger partial charge on any atom is 0.233 e. The van der Waals surface area contributed by atoms with Crippen molar-refractivity contribution in [1.29, 1.82) is 0 Å². The van der Waals surface area contributed by atoms with Crippen LogP contribution in [0, 0.1) is 6.92 Å². The lowest BCUT2D eigenvalue weighted by atomic mass is 10.1. The molecule has 0 unspecified atom stereocenters. The number of aryl methyl sites for hydroxylation is 1. The molecule has 6 heteroatoms. The molecule has 1 amide bonds. The molecule has 1 saturated carbocycles. The Morgan fingerprint density at radius 1 is 1.33 bits per heavy atom. The summed E-state index contributed by atoms with van der Waals surface area (Å²) >= 11 is 1.36. The molecule has 0 bridgehead atoms. The lowest BCUT2D eigenvalue weighted by Crippen LogP contribution is -2.39. The summed E-state index contributed by atoms with van der Waals surface area (Å²) in [6.45, 7) is 3.76. The number of amides is 1. The number of aromatic nitrogens is 2. The fourth-order valence-corrected chi connectivity index (χ4v) is 3.42. The minimum absolute atomic E-state index is 0.0653. The van der Waals surface area contributed by atoms with E-state index >= 15 is 0 Å². The number of rotatable bonds is 4. The van der Waals surface area contributed by atoms with Crippen LogP contribution in [0.15, 0.2) is 11.2 Å². The summed E-state index contributed by atoms with van der Waals surface area (Å²) in [5.74, 6) is 0.511. The zero-order valence-corrected chi connectivity index (χ0v) is 13.6. The van der Waals surface area contributed by atoms with Crippen molar-refractivity contribution in [2.75, 3.05) is 5.73 Å². The zero-order valence-electron chi connectivity index (χ0n) is 12.8. The molecule has 0 aliphatic heterocycles. The number of hydrogen-bond acceptors (Lipinski definition) is 5. The van der Waals surface area contributed by atoms with Crippen molar-refractivity contribution in [1.82, 2.24) is 15.3 Å². The first-order valence-electron chi connectivity index (χ1n) is 7.63. The van der Waals surface area contributed by atoms with Gasteiger partial charge in [0, 0.05) is 17.8 Å². The third-order valence-corrected chi connectivity index (χ3v) is 4.67. The third-order valence-electron chi connectivity index (χ3n) is 3.71. The van der Waals surface area contributed by atoms with Gasteiger partial charge in [-0.05, 0) is 26.7 Å². The number of anilines is 1. The van der Waals surface area contributed by atoms with Gasteiger partial charge in [0.15, 0.2) is 5.16 Å². The van der Waals surface area contributed by atoms with Crippen LogP contribution in [-0.2, 0) is 4.79 Å². The highest BCUT2D eigenvalue weighted by atomic mass is 32.2. The monoisotopic (exact) mass is 308 g/mol. The highest BCUT2D eigenvalue weighted by Crippen LogP contribution is 2.22. The molecule has 5 nitrogen and oxygen atoms in total. The van der Waals surface area contributed by atoms with Crippen LogP contribution in [0.4, 0.5) is 5.82 Å². The van der Waals surface area contributed by atoms with E-state index in [0.29, 0.717) is 17.0 Å². The molecule has 1 aromatic heterocycles. The van der Waals surface area contributed by atoms with Gasteiger partial charge in [0.25, 0.3) is 0 Å². The number of carbonyl (C=O) groups is 1. The van der Waals surface area contributed by atoms with E-state index in [-0.39, 0.29) is 11.2 Å². The Kier molecular flexibility index (Phi) is 5.85. The normalized spacial score (nSPS) is 18.0. The highest BCUT2D eigenvalue weighted by Gasteiger charge is 2.20. The molecule has 21 heavy (non-hydrogen) atoms. The fraction of sp³-hybridized carbons (Fsp3) is 0.667. The molecule has 1 aliphatic carbocycles. The minimum Gasteiger partial charge on any atom is -0.384 e. The van der Waals surface area contributed by atoms with Crippen LogP contribution in [0.1, 0.15) is 51.1 Å². The lowest BCUT2D eigenvalue weighted by Gasteiger charge is -2.19. The average molecular weight is 308 g/mol. The summed E-state index contributed by atoms with van der Waals surface area (Å²) in [6, 6.07) is 2.05. The van der Waals surface area contributed by atoms with Gasteiger partial charge < -0.3 is 11.1 Å². The Labute approximate surface area is 130 Å². The number of nitrogens with two attached hydrogens (primary N) is 1. The first-order chi connectivity index (χ1) is 10.0. The number of nitrogens with zero attached hydrogens (tertiary/aromatic N) is 2. The van der Waals surface area contributed by atoms with Gasteiger partial charge in [0.2, 0.25) is 5.91 Å². The maximum absolute atomic E-state index is 12.3. The second-order valence-electron chi connectivity index (χ2n) is 5.67. The van der Waals surface area contributed by atoms with Gasteiger partial charge in [-0.2, -0.15) is 0 Å². The van der Waals surface area contributed by atoms with Crippen molar-refractivity contribution >= 4 is 23.5 Å². The first kappa shape index (κ1) is 16.1. The number of hydrogen-bond donors (Lipinski definition) is 2. The molecule has 1 heterocycles. The van der Waals surface area contributed by atoms with Crippen molar-refractivity contribution in [3.63, 3.8) is 0 Å². The van der Waals surface area contributed by atoms with E-state index in [4.69, 9.17) is 5.73 Å². The molecular formula is C15H24N4OS. The van der Waals surface area contributed by atoms with E-state index in [1.54, 1.807) is 6.07 Å². The molecule has 0 aromatic carbocycles. The van der Waals surface area contributed by atoms with Gasteiger partial charge in [-0.3, -0.25) is 4.79 Å². The molecule has 2 rings (SSSR count). The molecular weight excluding hydrogens is 284 g/mol. The van der Waals surface area contributed by atoms with Gasteiger partial charge in [0.1, 0.15) is 5.82 Å². The molecule has 0 saturated heterocycles. The maximum atomic E-state index is 12.3. The molecule has 0 radical (unpaired) electrons. The van der Waals surface area contributed by atoms with E-state index in [1.165, 1.54) is 37.4 Å². The third kappa shape index (κ3) is 5.19. The lowest BCUT2D eigenvalue weighted by molar-refractivity contribution is -0.121. The predicted molar refractivity (Wildman–Crippen MR) is 86.1 cm³/mol. The van der Waals surface area contributed by atoms with Crippen molar-refractivity contribution in [2.24, 2.45) is 0 Å².